The zero-order chi connectivity index (χ0) is 14.5. The number of carbonyl (C=O) groups excluding carboxylic acids is 2. The van der Waals surface area contributed by atoms with E-state index in [0.717, 1.165) is 17.7 Å². The second-order valence-electron chi connectivity index (χ2n) is 4.95. The lowest BCUT2D eigenvalue weighted by atomic mass is 9.98. The number of ether oxygens (including phenoxy) is 1. The van der Waals surface area contributed by atoms with E-state index in [1.807, 2.05) is 24.4 Å². The van der Waals surface area contributed by atoms with Crippen LogP contribution >= 0.6 is 11.3 Å². The minimum absolute atomic E-state index is 0.0357. The predicted molar refractivity (Wildman–Crippen MR) is 79.4 cm³/mol. The second-order valence-corrected chi connectivity index (χ2v) is 5.90. The van der Waals surface area contributed by atoms with E-state index in [-0.39, 0.29) is 17.8 Å². The summed E-state index contributed by atoms with van der Waals surface area (Å²) in [5.41, 5.74) is 1.17. The second kappa shape index (κ2) is 6.70. The van der Waals surface area contributed by atoms with Gasteiger partial charge in [0.05, 0.1) is 13.0 Å². The van der Waals surface area contributed by atoms with Gasteiger partial charge in [0.25, 0.3) is 0 Å². The summed E-state index contributed by atoms with van der Waals surface area (Å²) in [6, 6.07) is 2.03. The monoisotopic (exact) mass is 293 g/mol. The zero-order valence-corrected chi connectivity index (χ0v) is 12.6. The van der Waals surface area contributed by atoms with Crippen LogP contribution in [0, 0.1) is 12.8 Å². The molecule has 0 saturated carbocycles. The number of thiophene rings is 1. The molecule has 108 valence electrons. The average Bonchev–Trinajstić information content (AvgIpc) is 2.89. The Bertz CT molecular complexity index is 521. The van der Waals surface area contributed by atoms with Crippen LogP contribution in [0.4, 0.5) is 0 Å². The summed E-state index contributed by atoms with van der Waals surface area (Å²) < 4.78 is 4.76. The van der Waals surface area contributed by atoms with Crippen molar-refractivity contribution in [3.05, 3.63) is 28.0 Å². The number of likely N-dealkylation sites (tertiary alicyclic amines) is 1. The maximum atomic E-state index is 12.2. The Morgan fingerprint density at radius 2 is 2.30 bits per heavy atom. The highest BCUT2D eigenvalue weighted by molar-refractivity contribution is 7.11. The van der Waals surface area contributed by atoms with Gasteiger partial charge in [-0.1, -0.05) is 0 Å². The number of nitrogens with zero attached hydrogens (tertiary/aromatic N) is 1. The summed E-state index contributed by atoms with van der Waals surface area (Å²) in [6.45, 7) is 3.19. The molecule has 1 atom stereocenters. The van der Waals surface area contributed by atoms with Crippen molar-refractivity contribution < 1.29 is 14.3 Å². The summed E-state index contributed by atoms with van der Waals surface area (Å²) in [5, 5.41) is 2.01. The molecule has 1 aliphatic rings. The molecule has 1 aromatic rings. The molecule has 0 aliphatic carbocycles. The topological polar surface area (TPSA) is 46.6 Å². The molecule has 0 aromatic carbocycles. The van der Waals surface area contributed by atoms with Gasteiger partial charge in [0, 0.05) is 24.0 Å². The predicted octanol–water partition coefficient (Wildman–Crippen LogP) is 2.48. The Balaban J connectivity index is 1.97. The molecule has 0 unspecified atom stereocenters. The van der Waals surface area contributed by atoms with E-state index in [2.05, 4.69) is 0 Å². The quantitative estimate of drug-likeness (QED) is 0.635. The van der Waals surface area contributed by atoms with E-state index < -0.39 is 0 Å². The fraction of sp³-hybridized carbons (Fsp3) is 0.467. The number of piperidine rings is 1. The van der Waals surface area contributed by atoms with Crippen LogP contribution in [0.5, 0.6) is 0 Å². The minimum atomic E-state index is -0.222. The van der Waals surface area contributed by atoms with Crippen LogP contribution in [-0.2, 0) is 14.3 Å². The van der Waals surface area contributed by atoms with Crippen molar-refractivity contribution in [3.8, 4) is 0 Å². The van der Waals surface area contributed by atoms with E-state index in [4.69, 9.17) is 4.74 Å². The molecule has 20 heavy (non-hydrogen) atoms. The first-order chi connectivity index (χ1) is 9.61. The van der Waals surface area contributed by atoms with Gasteiger partial charge in [0.1, 0.15) is 0 Å². The molecule has 1 aliphatic heterocycles. The normalized spacial score (nSPS) is 19.3. The van der Waals surface area contributed by atoms with Crippen molar-refractivity contribution in [1.29, 1.82) is 0 Å². The molecule has 0 N–H and O–H groups in total. The number of carbonyl (C=O) groups is 2. The van der Waals surface area contributed by atoms with Gasteiger partial charge >= 0.3 is 5.97 Å². The molecule has 1 saturated heterocycles. The lowest BCUT2D eigenvalue weighted by molar-refractivity contribution is -0.148. The Morgan fingerprint density at radius 1 is 1.50 bits per heavy atom. The maximum Gasteiger partial charge on any atom is 0.310 e. The molecule has 4 nitrogen and oxygen atoms in total. The van der Waals surface area contributed by atoms with Crippen molar-refractivity contribution in [2.45, 2.75) is 19.8 Å². The van der Waals surface area contributed by atoms with Gasteiger partial charge in [-0.25, -0.2) is 0 Å². The average molecular weight is 293 g/mol. The summed E-state index contributed by atoms with van der Waals surface area (Å²) in [6.07, 6.45) is 5.09. The van der Waals surface area contributed by atoms with Gasteiger partial charge in [-0.2, -0.15) is 0 Å². The molecule has 1 amide bonds. The van der Waals surface area contributed by atoms with Crippen LogP contribution in [0.2, 0.25) is 0 Å². The SMILES string of the molecule is COC(=O)[C@H]1CCCN(C(=O)/C=C/c2sccc2C)C1. The number of rotatable bonds is 3. The van der Waals surface area contributed by atoms with Crippen molar-refractivity contribution in [2.75, 3.05) is 20.2 Å². The highest BCUT2D eigenvalue weighted by atomic mass is 32.1. The van der Waals surface area contributed by atoms with Crippen molar-refractivity contribution in [2.24, 2.45) is 5.92 Å². The van der Waals surface area contributed by atoms with Crippen molar-refractivity contribution in [1.82, 2.24) is 4.90 Å². The largest absolute Gasteiger partial charge is 0.469 e. The summed E-state index contributed by atoms with van der Waals surface area (Å²) in [7, 11) is 1.39. The highest BCUT2D eigenvalue weighted by Crippen LogP contribution is 2.20. The molecule has 0 radical (unpaired) electrons. The maximum absolute atomic E-state index is 12.2. The molecule has 1 fully saturated rings. The van der Waals surface area contributed by atoms with Crippen molar-refractivity contribution in [3.63, 3.8) is 0 Å². The van der Waals surface area contributed by atoms with E-state index in [9.17, 15) is 9.59 Å². The summed E-state index contributed by atoms with van der Waals surface area (Å²) in [5.74, 6) is -0.443. The molecule has 0 bridgehead atoms. The summed E-state index contributed by atoms with van der Waals surface area (Å²) in [4.78, 5) is 26.5. The van der Waals surface area contributed by atoms with Gasteiger partial charge in [0.2, 0.25) is 5.91 Å². The van der Waals surface area contributed by atoms with Crippen LogP contribution in [-0.4, -0.2) is 37.0 Å². The van der Waals surface area contributed by atoms with E-state index in [0.29, 0.717) is 13.1 Å². The molecule has 5 heteroatoms. The van der Waals surface area contributed by atoms with Crippen molar-refractivity contribution >= 4 is 29.3 Å². The first-order valence-electron chi connectivity index (χ1n) is 6.70. The number of hydrogen-bond donors (Lipinski definition) is 0. The fourth-order valence-electron chi connectivity index (χ4n) is 2.34. The standard InChI is InChI=1S/C15H19NO3S/c1-11-7-9-20-13(11)5-6-14(17)16-8-3-4-12(10-16)15(18)19-2/h5-7,9,12H,3-4,8,10H2,1-2H3/b6-5+/t12-/m0/s1. The Kier molecular flexibility index (Phi) is 4.95. The van der Waals surface area contributed by atoms with E-state index >= 15 is 0 Å². The third-order valence-electron chi connectivity index (χ3n) is 3.55. The number of hydrogen-bond acceptors (Lipinski definition) is 4. The van der Waals surface area contributed by atoms with Crippen LogP contribution < -0.4 is 0 Å². The molecular formula is C15H19NO3S. The number of esters is 1. The van der Waals surface area contributed by atoms with Gasteiger partial charge < -0.3 is 9.64 Å². The molecule has 2 rings (SSSR count). The fourth-order valence-corrected chi connectivity index (χ4v) is 3.16. The number of amides is 1. The molecule has 1 aromatic heterocycles. The minimum Gasteiger partial charge on any atom is -0.469 e. The Hall–Kier alpha value is -1.62. The smallest absolute Gasteiger partial charge is 0.310 e. The molecule has 0 spiro atoms. The third kappa shape index (κ3) is 3.48. The van der Waals surface area contributed by atoms with Crippen LogP contribution in [0.15, 0.2) is 17.5 Å². The first-order valence-corrected chi connectivity index (χ1v) is 7.58. The lowest BCUT2D eigenvalue weighted by Gasteiger charge is -2.30. The zero-order valence-electron chi connectivity index (χ0n) is 11.8. The summed E-state index contributed by atoms with van der Waals surface area (Å²) >= 11 is 1.62. The highest BCUT2D eigenvalue weighted by Gasteiger charge is 2.28. The number of aryl methyl sites for hydroxylation is 1. The van der Waals surface area contributed by atoms with Gasteiger partial charge in [-0.05, 0) is 42.9 Å². The molecule has 2 heterocycles. The van der Waals surface area contributed by atoms with Gasteiger partial charge in [0.15, 0.2) is 0 Å². The van der Waals surface area contributed by atoms with E-state index in [1.54, 1.807) is 22.3 Å². The third-order valence-corrected chi connectivity index (χ3v) is 4.53. The van der Waals surface area contributed by atoms with E-state index in [1.165, 1.54) is 12.7 Å². The lowest BCUT2D eigenvalue weighted by Crippen LogP contribution is -2.41. The molecular weight excluding hydrogens is 274 g/mol. The van der Waals surface area contributed by atoms with Gasteiger partial charge in [-0.15, -0.1) is 11.3 Å². The van der Waals surface area contributed by atoms with Crippen LogP contribution in [0.25, 0.3) is 6.08 Å². The number of methoxy groups -OCH3 is 1. The Morgan fingerprint density at radius 3 is 2.95 bits per heavy atom. The first kappa shape index (κ1) is 14.8. The van der Waals surface area contributed by atoms with Crippen LogP contribution in [0.3, 0.4) is 0 Å². The van der Waals surface area contributed by atoms with Gasteiger partial charge in [-0.3, -0.25) is 9.59 Å². The van der Waals surface area contributed by atoms with Crippen LogP contribution in [0.1, 0.15) is 23.3 Å². The Labute approximate surface area is 123 Å².